The summed E-state index contributed by atoms with van der Waals surface area (Å²) >= 11 is 0. The van der Waals surface area contributed by atoms with Gasteiger partial charge in [0.05, 0.1) is 4.92 Å². The van der Waals surface area contributed by atoms with Gasteiger partial charge in [-0.25, -0.2) is 0 Å². The van der Waals surface area contributed by atoms with E-state index in [1.165, 1.54) is 0 Å². The van der Waals surface area contributed by atoms with Crippen LogP contribution in [0.2, 0.25) is 0 Å². The Bertz CT molecular complexity index is 386. The number of rotatable bonds is 4. The van der Waals surface area contributed by atoms with E-state index >= 15 is 0 Å². The number of nitro benzene ring substituents is 1. The lowest BCUT2D eigenvalue weighted by molar-refractivity contribution is -0.385. The van der Waals surface area contributed by atoms with E-state index in [1.807, 2.05) is 18.2 Å². The minimum Gasteiger partial charge on any atom is -0.330 e. The average Bonchev–Trinajstić information content (AvgIpc) is 2.20. The van der Waals surface area contributed by atoms with Gasteiger partial charge in [0.25, 0.3) is 5.69 Å². The van der Waals surface area contributed by atoms with Gasteiger partial charge in [-0.2, -0.15) is 0 Å². The fourth-order valence-corrected chi connectivity index (χ4v) is 1.24. The average molecular weight is 206 g/mol. The van der Waals surface area contributed by atoms with Gasteiger partial charge in [0.2, 0.25) is 0 Å². The predicted octanol–water partition coefficient (Wildman–Crippen LogP) is 2.27. The third kappa shape index (κ3) is 3.18. The van der Waals surface area contributed by atoms with Crippen molar-refractivity contribution in [2.75, 3.05) is 6.54 Å². The molecule has 0 saturated heterocycles. The molecule has 4 nitrogen and oxygen atoms in total. The summed E-state index contributed by atoms with van der Waals surface area (Å²) in [6.07, 6.45) is 4.54. The normalized spacial score (nSPS) is 10.8. The molecule has 0 bridgehead atoms. The highest BCUT2D eigenvalue weighted by atomic mass is 16.6. The van der Waals surface area contributed by atoms with Crippen molar-refractivity contribution in [2.45, 2.75) is 13.3 Å². The Morgan fingerprint density at radius 2 is 2.27 bits per heavy atom. The Balaban J connectivity index is 2.92. The van der Waals surface area contributed by atoms with E-state index in [9.17, 15) is 10.1 Å². The first-order valence-electron chi connectivity index (χ1n) is 4.77. The van der Waals surface area contributed by atoms with Gasteiger partial charge in [-0.1, -0.05) is 24.3 Å². The molecule has 0 unspecified atom stereocenters. The van der Waals surface area contributed by atoms with E-state index in [-0.39, 0.29) is 10.6 Å². The summed E-state index contributed by atoms with van der Waals surface area (Å²) in [5.74, 6) is 0. The predicted molar refractivity (Wildman–Crippen MR) is 60.5 cm³/mol. The fraction of sp³-hybridized carbons (Fsp3) is 0.273. The molecule has 0 aromatic heterocycles. The Morgan fingerprint density at radius 1 is 1.53 bits per heavy atom. The number of nitrogens with two attached hydrogens (primary N) is 1. The Labute approximate surface area is 88.6 Å². The fourth-order valence-electron chi connectivity index (χ4n) is 1.24. The highest BCUT2D eigenvalue weighted by Crippen LogP contribution is 2.19. The lowest BCUT2D eigenvalue weighted by atomic mass is 10.1. The molecule has 1 aromatic rings. The maximum atomic E-state index is 10.7. The molecule has 0 radical (unpaired) electrons. The second-order valence-electron chi connectivity index (χ2n) is 3.28. The van der Waals surface area contributed by atoms with Crippen LogP contribution in [0.15, 0.2) is 24.3 Å². The second kappa shape index (κ2) is 5.26. The van der Waals surface area contributed by atoms with Gasteiger partial charge in [0, 0.05) is 11.6 Å². The van der Waals surface area contributed by atoms with Gasteiger partial charge >= 0.3 is 0 Å². The summed E-state index contributed by atoms with van der Waals surface area (Å²) in [5, 5.41) is 10.7. The van der Waals surface area contributed by atoms with Gasteiger partial charge in [-0.15, -0.1) is 0 Å². The zero-order chi connectivity index (χ0) is 11.3. The SMILES string of the molecule is Cc1ccc(C=CCCN)cc1[N+](=O)[O-]. The van der Waals surface area contributed by atoms with Crippen molar-refractivity contribution in [3.63, 3.8) is 0 Å². The molecule has 0 saturated carbocycles. The van der Waals surface area contributed by atoms with E-state index in [1.54, 1.807) is 19.1 Å². The first-order chi connectivity index (χ1) is 7.15. The van der Waals surface area contributed by atoms with E-state index in [0.717, 1.165) is 12.0 Å². The first kappa shape index (κ1) is 11.4. The van der Waals surface area contributed by atoms with Gasteiger partial charge in [-0.3, -0.25) is 10.1 Å². The number of benzene rings is 1. The third-order valence-electron chi connectivity index (χ3n) is 2.07. The molecule has 0 aliphatic rings. The van der Waals surface area contributed by atoms with Crippen LogP contribution in [0, 0.1) is 17.0 Å². The molecule has 4 heteroatoms. The van der Waals surface area contributed by atoms with E-state index in [4.69, 9.17) is 5.73 Å². The number of nitro groups is 1. The van der Waals surface area contributed by atoms with Crippen LogP contribution in [0.3, 0.4) is 0 Å². The second-order valence-corrected chi connectivity index (χ2v) is 3.28. The minimum absolute atomic E-state index is 0.157. The Morgan fingerprint density at radius 3 is 2.87 bits per heavy atom. The van der Waals surface area contributed by atoms with Crippen LogP contribution >= 0.6 is 0 Å². The zero-order valence-electron chi connectivity index (χ0n) is 8.64. The van der Waals surface area contributed by atoms with Crippen molar-refractivity contribution in [2.24, 2.45) is 5.73 Å². The van der Waals surface area contributed by atoms with Crippen molar-refractivity contribution < 1.29 is 4.92 Å². The van der Waals surface area contributed by atoms with Crippen LogP contribution in [0.5, 0.6) is 0 Å². The summed E-state index contributed by atoms with van der Waals surface area (Å²) in [6.45, 7) is 2.32. The summed E-state index contributed by atoms with van der Waals surface area (Å²) in [4.78, 5) is 10.3. The van der Waals surface area contributed by atoms with Gasteiger partial charge < -0.3 is 5.73 Å². The van der Waals surface area contributed by atoms with Gasteiger partial charge in [0.15, 0.2) is 0 Å². The Hall–Kier alpha value is -1.68. The van der Waals surface area contributed by atoms with Crippen molar-refractivity contribution >= 4 is 11.8 Å². The van der Waals surface area contributed by atoms with E-state index < -0.39 is 0 Å². The number of nitrogens with zero attached hydrogens (tertiary/aromatic N) is 1. The molecule has 1 aromatic carbocycles. The molecule has 80 valence electrons. The highest BCUT2D eigenvalue weighted by Gasteiger charge is 2.09. The molecule has 15 heavy (non-hydrogen) atoms. The van der Waals surface area contributed by atoms with Crippen LogP contribution in [0.1, 0.15) is 17.5 Å². The largest absolute Gasteiger partial charge is 0.330 e. The molecule has 0 amide bonds. The van der Waals surface area contributed by atoms with Crippen molar-refractivity contribution in [1.82, 2.24) is 0 Å². The number of aryl methyl sites for hydroxylation is 1. The first-order valence-corrected chi connectivity index (χ1v) is 4.77. The molecule has 0 fully saturated rings. The number of hydrogen-bond acceptors (Lipinski definition) is 3. The standard InChI is InChI=1S/C11H14N2O2/c1-9-5-6-10(4-2-3-7-12)8-11(9)13(14)15/h2,4-6,8H,3,7,12H2,1H3. The molecule has 0 spiro atoms. The molecular formula is C11H14N2O2. The third-order valence-corrected chi connectivity index (χ3v) is 2.07. The maximum Gasteiger partial charge on any atom is 0.272 e. The van der Waals surface area contributed by atoms with Crippen LogP contribution in [-0.2, 0) is 0 Å². The summed E-state index contributed by atoms with van der Waals surface area (Å²) in [5.41, 5.74) is 7.00. The smallest absolute Gasteiger partial charge is 0.272 e. The van der Waals surface area contributed by atoms with Crippen molar-refractivity contribution in [3.8, 4) is 0 Å². The van der Waals surface area contributed by atoms with Crippen LogP contribution < -0.4 is 5.73 Å². The molecule has 0 aliphatic heterocycles. The highest BCUT2D eigenvalue weighted by molar-refractivity contribution is 5.55. The maximum absolute atomic E-state index is 10.7. The van der Waals surface area contributed by atoms with Crippen molar-refractivity contribution in [1.29, 1.82) is 0 Å². The lowest BCUT2D eigenvalue weighted by Crippen LogP contribution is -1.95. The van der Waals surface area contributed by atoms with Gasteiger partial charge in [0.1, 0.15) is 0 Å². The van der Waals surface area contributed by atoms with Crippen LogP contribution in [-0.4, -0.2) is 11.5 Å². The van der Waals surface area contributed by atoms with Crippen molar-refractivity contribution in [3.05, 3.63) is 45.5 Å². The van der Waals surface area contributed by atoms with Gasteiger partial charge in [-0.05, 0) is 25.5 Å². The number of hydrogen-bond donors (Lipinski definition) is 1. The summed E-state index contributed by atoms with van der Waals surface area (Å²) in [7, 11) is 0. The summed E-state index contributed by atoms with van der Waals surface area (Å²) in [6, 6.07) is 5.18. The monoisotopic (exact) mass is 206 g/mol. The molecule has 1 rings (SSSR count). The van der Waals surface area contributed by atoms with E-state index in [0.29, 0.717) is 12.1 Å². The molecule has 0 atom stereocenters. The quantitative estimate of drug-likeness (QED) is 0.606. The Kier molecular flexibility index (Phi) is 4.00. The molecule has 0 aliphatic carbocycles. The molecular weight excluding hydrogens is 192 g/mol. The topological polar surface area (TPSA) is 69.2 Å². The molecule has 2 N–H and O–H groups in total. The lowest BCUT2D eigenvalue weighted by Gasteiger charge is -1.98. The van der Waals surface area contributed by atoms with E-state index in [2.05, 4.69) is 0 Å². The minimum atomic E-state index is -0.365. The summed E-state index contributed by atoms with van der Waals surface area (Å²) < 4.78 is 0. The van der Waals surface area contributed by atoms with Crippen LogP contribution in [0.4, 0.5) is 5.69 Å². The molecule has 0 heterocycles. The van der Waals surface area contributed by atoms with Crippen LogP contribution in [0.25, 0.3) is 6.08 Å². The zero-order valence-corrected chi connectivity index (χ0v) is 8.64.